The van der Waals surface area contributed by atoms with E-state index in [1.54, 1.807) is 0 Å². The molecule has 1 heteroatoms. The van der Waals surface area contributed by atoms with Gasteiger partial charge in [-0.15, -0.1) is 0 Å². The predicted octanol–water partition coefficient (Wildman–Crippen LogP) is 7.42. The molecule has 0 unspecified atom stereocenters. The van der Waals surface area contributed by atoms with Crippen LogP contribution in [0, 0.1) is 26.7 Å². The summed E-state index contributed by atoms with van der Waals surface area (Å²) >= 11 is 0. The van der Waals surface area contributed by atoms with Crippen molar-refractivity contribution >= 4 is 11.8 Å². The summed E-state index contributed by atoms with van der Waals surface area (Å²) in [4.78, 5) is 5.22. The second-order valence-corrected chi connectivity index (χ2v) is 8.40. The van der Waals surface area contributed by atoms with Gasteiger partial charge < -0.3 is 0 Å². The molecule has 2 aromatic rings. The zero-order chi connectivity index (χ0) is 20.6. The largest absolute Gasteiger partial charge is 0.288 e. The molecule has 0 heterocycles. The monoisotopic (exact) mass is 385 g/mol. The van der Waals surface area contributed by atoms with Crippen molar-refractivity contribution in [3.63, 3.8) is 0 Å². The van der Waals surface area contributed by atoms with Gasteiger partial charge in [0.2, 0.25) is 0 Å². The fraction of sp³-hybridized carbons (Fsp3) is 0.393. The SMILES string of the molecule is C=C/C=C\c1cccc(CCN=C(c2ccc(C)cc2C)C2CCCCC2)c1C. The van der Waals surface area contributed by atoms with Gasteiger partial charge >= 0.3 is 0 Å². The van der Waals surface area contributed by atoms with Gasteiger partial charge in [-0.1, -0.05) is 86.0 Å². The molecule has 0 spiro atoms. The van der Waals surface area contributed by atoms with Crippen LogP contribution < -0.4 is 0 Å². The molecule has 1 fully saturated rings. The first-order valence-corrected chi connectivity index (χ1v) is 11.1. The minimum Gasteiger partial charge on any atom is -0.288 e. The van der Waals surface area contributed by atoms with E-state index in [-0.39, 0.29) is 0 Å². The van der Waals surface area contributed by atoms with E-state index >= 15 is 0 Å². The number of aliphatic imine (C=N–C) groups is 1. The maximum absolute atomic E-state index is 5.22. The topological polar surface area (TPSA) is 12.4 Å². The van der Waals surface area contributed by atoms with Gasteiger partial charge in [-0.05, 0) is 67.9 Å². The number of allylic oxidation sites excluding steroid dienone is 2. The molecule has 1 aliphatic rings. The summed E-state index contributed by atoms with van der Waals surface area (Å²) in [5, 5.41) is 0. The lowest BCUT2D eigenvalue weighted by atomic mass is 9.82. The fourth-order valence-corrected chi connectivity index (χ4v) is 4.53. The Hall–Kier alpha value is -2.41. The fourth-order valence-electron chi connectivity index (χ4n) is 4.53. The third-order valence-electron chi connectivity index (χ3n) is 6.21. The Balaban J connectivity index is 1.83. The predicted molar refractivity (Wildman–Crippen MR) is 128 cm³/mol. The average molecular weight is 386 g/mol. The van der Waals surface area contributed by atoms with Crippen LogP contribution in [-0.2, 0) is 6.42 Å². The molecule has 0 aromatic heterocycles. The molecule has 1 saturated carbocycles. The van der Waals surface area contributed by atoms with Gasteiger partial charge in [-0.25, -0.2) is 0 Å². The lowest BCUT2D eigenvalue weighted by Crippen LogP contribution is -2.20. The van der Waals surface area contributed by atoms with E-state index in [0.717, 1.165) is 13.0 Å². The molecule has 0 atom stereocenters. The maximum atomic E-state index is 5.22. The Morgan fingerprint density at radius 1 is 1.07 bits per heavy atom. The molecule has 0 radical (unpaired) electrons. The van der Waals surface area contributed by atoms with E-state index in [1.807, 2.05) is 12.2 Å². The van der Waals surface area contributed by atoms with E-state index in [0.29, 0.717) is 5.92 Å². The molecule has 1 nitrogen and oxygen atoms in total. The number of benzene rings is 2. The van der Waals surface area contributed by atoms with Crippen LogP contribution in [0.5, 0.6) is 0 Å². The molecule has 0 bridgehead atoms. The summed E-state index contributed by atoms with van der Waals surface area (Å²) in [6, 6.07) is 13.4. The molecular weight excluding hydrogens is 350 g/mol. The summed E-state index contributed by atoms with van der Waals surface area (Å²) in [7, 11) is 0. The summed E-state index contributed by atoms with van der Waals surface area (Å²) < 4.78 is 0. The quantitative estimate of drug-likeness (QED) is 0.347. The summed E-state index contributed by atoms with van der Waals surface area (Å²) in [5.74, 6) is 0.619. The Morgan fingerprint density at radius 2 is 1.86 bits per heavy atom. The van der Waals surface area contributed by atoms with Crippen molar-refractivity contribution in [1.29, 1.82) is 0 Å². The van der Waals surface area contributed by atoms with Gasteiger partial charge in [0.15, 0.2) is 0 Å². The highest BCUT2D eigenvalue weighted by molar-refractivity contribution is 6.03. The van der Waals surface area contributed by atoms with Crippen molar-refractivity contribution in [1.82, 2.24) is 0 Å². The molecule has 0 amide bonds. The average Bonchev–Trinajstić information content (AvgIpc) is 2.73. The smallest absolute Gasteiger partial charge is 0.0454 e. The summed E-state index contributed by atoms with van der Waals surface area (Å²) in [6.07, 6.45) is 13.6. The highest BCUT2D eigenvalue weighted by Crippen LogP contribution is 2.29. The number of aryl methyl sites for hydroxylation is 2. The van der Waals surface area contributed by atoms with Crippen LogP contribution in [0.4, 0.5) is 0 Å². The van der Waals surface area contributed by atoms with Crippen molar-refractivity contribution < 1.29 is 0 Å². The normalized spacial score (nSPS) is 15.8. The van der Waals surface area contributed by atoms with Gasteiger partial charge in [0, 0.05) is 18.2 Å². The van der Waals surface area contributed by atoms with Crippen LogP contribution in [0.2, 0.25) is 0 Å². The zero-order valence-electron chi connectivity index (χ0n) is 18.4. The Kier molecular flexibility index (Phi) is 7.63. The maximum Gasteiger partial charge on any atom is 0.0454 e. The standard InChI is InChI=1S/C28H35N/c1-5-6-11-24-14-10-15-25(23(24)4)18-19-29-28(26-12-8-7-9-13-26)27-17-16-21(2)20-22(27)3/h5-6,10-11,14-17,20,26H,1,7-9,12-13,18-19H2,2-4H3/b11-6-,29-28?. The van der Waals surface area contributed by atoms with Crippen LogP contribution in [-0.4, -0.2) is 12.3 Å². The minimum atomic E-state index is 0.619. The second-order valence-electron chi connectivity index (χ2n) is 8.40. The number of rotatable bonds is 7. The number of hydrogen-bond donors (Lipinski definition) is 0. The van der Waals surface area contributed by atoms with Gasteiger partial charge in [0.1, 0.15) is 0 Å². The van der Waals surface area contributed by atoms with Crippen molar-refractivity contribution in [3.05, 3.63) is 88.5 Å². The molecule has 0 saturated heterocycles. The van der Waals surface area contributed by atoms with Gasteiger partial charge in [-0.3, -0.25) is 4.99 Å². The lowest BCUT2D eigenvalue weighted by molar-refractivity contribution is 0.439. The van der Waals surface area contributed by atoms with Gasteiger partial charge in [0.25, 0.3) is 0 Å². The lowest BCUT2D eigenvalue weighted by Gasteiger charge is -2.25. The van der Waals surface area contributed by atoms with Gasteiger partial charge in [-0.2, -0.15) is 0 Å². The Labute approximate surface area is 177 Å². The second kappa shape index (κ2) is 10.4. The third kappa shape index (κ3) is 5.56. The minimum absolute atomic E-state index is 0.619. The molecule has 3 rings (SSSR count). The van der Waals surface area contributed by atoms with Crippen LogP contribution in [0.3, 0.4) is 0 Å². The Morgan fingerprint density at radius 3 is 2.59 bits per heavy atom. The molecule has 2 aromatic carbocycles. The van der Waals surface area contributed by atoms with E-state index < -0.39 is 0 Å². The molecular formula is C28H35N. The van der Waals surface area contributed by atoms with Crippen LogP contribution >= 0.6 is 0 Å². The number of nitrogens with zero attached hydrogens (tertiary/aromatic N) is 1. The van der Waals surface area contributed by atoms with Crippen molar-refractivity contribution in [2.24, 2.45) is 10.9 Å². The molecule has 1 aliphatic carbocycles. The van der Waals surface area contributed by atoms with E-state index in [4.69, 9.17) is 4.99 Å². The first-order valence-electron chi connectivity index (χ1n) is 11.1. The molecule has 29 heavy (non-hydrogen) atoms. The highest BCUT2D eigenvalue weighted by atomic mass is 14.7. The van der Waals surface area contributed by atoms with E-state index in [2.05, 4.69) is 69.8 Å². The van der Waals surface area contributed by atoms with Crippen LogP contribution in [0.25, 0.3) is 6.08 Å². The first kappa shape index (κ1) is 21.3. The van der Waals surface area contributed by atoms with Crippen molar-refractivity contribution in [2.45, 2.75) is 59.3 Å². The van der Waals surface area contributed by atoms with Crippen LogP contribution in [0.1, 0.15) is 65.5 Å². The van der Waals surface area contributed by atoms with E-state index in [9.17, 15) is 0 Å². The third-order valence-corrected chi connectivity index (χ3v) is 6.21. The summed E-state index contributed by atoms with van der Waals surface area (Å²) in [6.45, 7) is 11.3. The van der Waals surface area contributed by atoms with Crippen LogP contribution in [0.15, 0.2) is 60.1 Å². The van der Waals surface area contributed by atoms with Crippen molar-refractivity contribution in [3.8, 4) is 0 Å². The molecule has 0 N–H and O–H groups in total. The molecule has 152 valence electrons. The van der Waals surface area contributed by atoms with Crippen molar-refractivity contribution in [2.75, 3.05) is 6.54 Å². The van der Waals surface area contributed by atoms with Gasteiger partial charge in [0.05, 0.1) is 0 Å². The highest BCUT2D eigenvalue weighted by Gasteiger charge is 2.21. The molecule has 0 aliphatic heterocycles. The summed E-state index contributed by atoms with van der Waals surface area (Å²) in [5.41, 5.74) is 9.42. The number of hydrogen-bond acceptors (Lipinski definition) is 1. The Bertz CT molecular complexity index is 895. The zero-order valence-corrected chi connectivity index (χ0v) is 18.4. The first-order chi connectivity index (χ1) is 14.1. The van der Waals surface area contributed by atoms with E-state index in [1.165, 1.54) is 71.2 Å².